The number of thiophene rings is 1. The van der Waals surface area contributed by atoms with Crippen molar-refractivity contribution in [3.05, 3.63) is 33.8 Å². The molecule has 0 fully saturated rings. The summed E-state index contributed by atoms with van der Waals surface area (Å²) in [5.74, 6) is -0.273. The Hall–Kier alpha value is -1.69. The van der Waals surface area contributed by atoms with Crippen LogP contribution in [0.15, 0.2) is 17.5 Å². The van der Waals surface area contributed by atoms with E-state index in [-0.39, 0.29) is 5.92 Å². The van der Waals surface area contributed by atoms with Crippen LogP contribution < -0.4 is 0 Å². The Bertz CT molecular complexity index is 532. The van der Waals surface area contributed by atoms with Crippen LogP contribution in [0, 0.1) is 0 Å². The lowest BCUT2D eigenvalue weighted by atomic mass is 10.1. The van der Waals surface area contributed by atoms with Crippen LogP contribution in [0.3, 0.4) is 0 Å². The highest BCUT2D eigenvalue weighted by atomic mass is 32.1. The molecule has 0 aromatic carbocycles. The van der Waals surface area contributed by atoms with Crippen molar-refractivity contribution in [1.29, 1.82) is 0 Å². The molecule has 0 bridgehead atoms. The largest absolute Gasteiger partial charge is 0.464 e. The van der Waals surface area contributed by atoms with E-state index in [0.29, 0.717) is 12.2 Å². The van der Waals surface area contributed by atoms with E-state index in [1.165, 1.54) is 12.0 Å². The molecule has 5 nitrogen and oxygen atoms in total. The van der Waals surface area contributed by atoms with Gasteiger partial charge < -0.3 is 4.74 Å². The van der Waals surface area contributed by atoms with Crippen molar-refractivity contribution in [3.63, 3.8) is 0 Å². The molecule has 2 aromatic heterocycles. The predicted octanol–water partition coefficient (Wildman–Crippen LogP) is 2.30. The Morgan fingerprint density at radius 2 is 2.33 bits per heavy atom. The third-order valence-corrected chi connectivity index (χ3v) is 3.45. The molecule has 18 heavy (non-hydrogen) atoms. The molecule has 0 aliphatic heterocycles. The van der Waals surface area contributed by atoms with Crippen LogP contribution in [0.4, 0.5) is 0 Å². The van der Waals surface area contributed by atoms with Gasteiger partial charge in [0.05, 0.1) is 19.3 Å². The summed E-state index contributed by atoms with van der Waals surface area (Å²) in [6, 6.07) is 4.03. The monoisotopic (exact) mass is 265 g/mol. The first-order chi connectivity index (χ1) is 8.63. The van der Waals surface area contributed by atoms with Crippen LogP contribution in [0.2, 0.25) is 0 Å². The summed E-state index contributed by atoms with van der Waals surface area (Å²) in [5.41, 5.74) is 1.12. The molecule has 0 atom stereocenters. The fourth-order valence-electron chi connectivity index (χ4n) is 1.80. The van der Waals surface area contributed by atoms with Crippen LogP contribution >= 0.6 is 11.3 Å². The summed E-state index contributed by atoms with van der Waals surface area (Å²) >= 11 is 1.66. The van der Waals surface area contributed by atoms with E-state index in [2.05, 4.69) is 10.3 Å². The van der Waals surface area contributed by atoms with E-state index in [1.807, 2.05) is 31.4 Å². The Morgan fingerprint density at radius 3 is 2.89 bits per heavy atom. The van der Waals surface area contributed by atoms with Gasteiger partial charge in [-0.05, 0) is 17.4 Å². The molecule has 0 amide bonds. The molecular formula is C12H15N3O2S. The Balaban J connectivity index is 2.36. The molecule has 2 heterocycles. The van der Waals surface area contributed by atoms with Crippen molar-refractivity contribution < 1.29 is 9.53 Å². The number of rotatable bonds is 4. The highest BCUT2D eigenvalue weighted by molar-refractivity contribution is 7.09. The van der Waals surface area contributed by atoms with E-state index in [4.69, 9.17) is 4.74 Å². The molecule has 0 aliphatic carbocycles. The van der Waals surface area contributed by atoms with Gasteiger partial charge in [-0.3, -0.25) is 0 Å². The van der Waals surface area contributed by atoms with Crippen LogP contribution in [-0.2, 0) is 11.3 Å². The molecule has 2 rings (SSSR count). The summed E-state index contributed by atoms with van der Waals surface area (Å²) in [5, 5.41) is 10.0. The van der Waals surface area contributed by atoms with Gasteiger partial charge in [-0.2, -0.15) is 0 Å². The Morgan fingerprint density at radius 1 is 1.56 bits per heavy atom. The van der Waals surface area contributed by atoms with Gasteiger partial charge in [0.25, 0.3) is 0 Å². The number of nitrogens with zero attached hydrogens (tertiary/aromatic N) is 3. The zero-order valence-electron chi connectivity index (χ0n) is 10.6. The van der Waals surface area contributed by atoms with Crippen LogP contribution in [0.5, 0.6) is 0 Å². The number of hydrogen-bond donors (Lipinski definition) is 0. The zero-order valence-corrected chi connectivity index (χ0v) is 11.4. The number of hydrogen-bond acceptors (Lipinski definition) is 5. The smallest absolute Gasteiger partial charge is 0.360 e. The lowest BCUT2D eigenvalue weighted by molar-refractivity contribution is 0.0592. The van der Waals surface area contributed by atoms with Crippen molar-refractivity contribution in [2.24, 2.45) is 0 Å². The summed E-state index contributed by atoms with van der Waals surface area (Å²) in [6.07, 6.45) is 0. The average molecular weight is 265 g/mol. The summed E-state index contributed by atoms with van der Waals surface area (Å²) in [4.78, 5) is 12.8. The fourth-order valence-corrected chi connectivity index (χ4v) is 2.49. The number of esters is 1. The van der Waals surface area contributed by atoms with Gasteiger partial charge in [0.15, 0.2) is 5.69 Å². The van der Waals surface area contributed by atoms with Crippen molar-refractivity contribution >= 4 is 17.3 Å². The first kappa shape index (κ1) is 12.8. The molecule has 0 spiro atoms. The zero-order chi connectivity index (χ0) is 13.1. The van der Waals surface area contributed by atoms with Gasteiger partial charge in [0.2, 0.25) is 0 Å². The third-order valence-electron chi connectivity index (χ3n) is 2.58. The second-order valence-electron chi connectivity index (χ2n) is 4.21. The summed E-state index contributed by atoms with van der Waals surface area (Å²) < 4.78 is 6.49. The Labute approximate surface area is 109 Å². The van der Waals surface area contributed by atoms with Gasteiger partial charge in [-0.25, -0.2) is 9.48 Å². The maximum atomic E-state index is 11.6. The topological polar surface area (TPSA) is 57.0 Å². The van der Waals surface area contributed by atoms with E-state index in [9.17, 15) is 4.79 Å². The van der Waals surface area contributed by atoms with Crippen LogP contribution in [0.1, 0.15) is 40.8 Å². The third kappa shape index (κ3) is 2.43. The average Bonchev–Trinajstić information content (AvgIpc) is 2.97. The molecule has 0 N–H and O–H groups in total. The lowest BCUT2D eigenvalue weighted by Gasteiger charge is -2.09. The Kier molecular flexibility index (Phi) is 3.76. The van der Waals surface area contributed by atoms with Crippen molar-refractivity contribution in [2.45, 2.75) is 26.3 Å². The molecule has 2 aromatic rings. The first-order valence-electron chi connectivity index (χ1n) is 5.67. The molecule has 0 saturated carbocycles. The van der Waals surface area contributed by atoms with E-state index in [1.54, 1.807) is 16.0 Å². The molecule has 0 radical (unpaired) electrons. The van der Waals surface area contributed by atoms with Crippen LogP contribution in [-0.4, -0.2) is 28.1 Å². The maximum Gasteiger partial charge on any atom is 0.360 e. The van der Waals surface area contributed by atoms with E-state index < -0.39 is 5.97 Å². The van der Waals surface area contributed by atoms with Crippen LogP contribution in [0.25, 0.3) is 0 Å². The van der Waals surface area contributed by atoms with Gasteiger partial charge in [0.1, 0.15) is 0 Å². The normalized spacial score (nSPS) is 10.9. The standard InChI is InChI=1S/C12H15N3O2S/c1-8(2)11-10(12(16)17-3)13-14-15(11)7-9-5-4-6-18-9/h4-6,8H,7H2,1-3H3. The lowest BCUT2D eigenvalue weighted by Crippen LogP contribution is -2.11. The number of ether oxygens (including phenoxy) is 1. The minimum Gasteiger partial charge on any atom is -0.464 e. The van der Waals surface area contributed by atoms with Gasteiger partial charge in [-0.1, -0.05) is 25.1 Å². The van der Waals surface area contributed by atoms with E-state index in [0.717, 1.165) is 5.69 Å². The highest BCUT2D eigenvalue weighted by Gasteiger charge is 2.22. The second-order valence-corrected chi connectivity index (χ2v) is 5.24. The van der Waals surface area contributed by atoms with E-state index >= 15 is 0 Å². The summed E-state index contributed by atoms with van der Waals surface area (Å²) in [7, 11) is 1.35. The second kappa shape index (κ2) is 5.30. The fraction of sp³-hybridized carbons (Fsp3) is 0.417. The van der Waals surface area contributed by atoms with Gasteiger partial charge in [-0.15, -0.1) is 16.4 Å². The highest BCUT2D eigenvalue weighted by Crippen LogP contribution is 2.20. The minimum atomic E-state index is -0.434. The van der Waals surface area contributed by atoms with Crippen molar-refractivity contribution in [1.82, 2.24) is 15.0 Å². The maximum absolute atomic E-state index is 11.6. The summed E-state index contributed by atoms with van der Waals surface area (Å²) in [6.45, 7) is 4.65. The molecule has 0 unspecified atom stereocenters. The number of carbonyl (C=O) groups is 1. The van der Waals surface area contributed by atoms with Gasteiger partial charge in [0, 0.05) is 4.88 Å². The molecule has 6 heteroatoms. The number of methoxy groups -OCH3 is 1. The van der Waals surface area contributed by atoms with Gasteiger partial charge >= 0.3 is 5.97 Å². The molecular weight excluding hydrogens is 250 g/mol. The van der Waals surface area contributed by atoms with Crippen molar-refractivity contribution in [2.75, 3.05) is 7.11 Å². The predicted molar refractivity (Wildman–Crippen MR) is 68.9 cm³/mol. The molecule has 0 aliphatic rings. The molecule has 0 saturated heterocycles. The minimum absolute atomic E-state index is 0.161. The number of aromatic nitrogens is 3. The first-order valence-corrected chi connectivity index (χ1v) is 6.55. The number of carbonyl (C=O) groups excluding carboxylic acids is 1. The quantitative estimate of drug-likeness (QED) is 0.796. The van der Waals surface area contributed by atoms with Crippen molar-refractivity contribution in [3.8, 4) is 0 Å². The molecule has 96 valence electrons. The SMILES string of the molecule is COC(=O)c1nnn(Cc2cccs2)c1C(C)C.